The molecule has 3 nitrogen and oxygen atoms in total. The lowest BCUT2D eigenvalue weighted by atomic mass is 10.0. The third-order valence-corrected chi connectivity index (χ3v) is 2.04. The summed E-state index contributed by atoms with van der Waals surface area (Å²) in [5, 5.41) is 9.66. The van der Waals surface area contributed by atoms with E-state index in [1.54, 1.807) is 0 Å². The summed E-state index contributed by atoms with van der Waals surface area (Å²) in [5.41, 5.74) is -0.768. The first-order valence-electron chi connectivity index (χ1n) is 3.98. The van der Waals surface area contributed by atoms with E-state index < -0.39 is 11.4 Å². The van der Waals surface area contributed by atoms with Crippen LogP contribution in [0.2, 0.25) is 0 Å². The van der Waals surface area contributed by atoms with Gasteiger partial charge in [-0.2, -0.15) is 0 Å². The molecule has 1 heterocycles. The van der Waals surface area contributed by atoms with Gasteiger partial charge in [0.1, 0.15) is 5.60 Å². The summed E-state index contributed by atoms with van der Waals surface area (Å²) >= 11 is 0. The first-order chi connectivity index (χ1) is 4.97. The monoisotopic (exact) mass is 160 g/mol. The molecule has 0 saturated carbocycles. The Morgan fingerprint density at radius 2 is 1.73 bits per heavy atom. The molecule has 0 unspecified atom stereocenters. The van der Waals surface area contributed by atoms with Crippen molar-refractivity contribution in [1.29, 1.82) is 0 Å². The van der Waals surface area contributed by atoms with E-state index in [0.717, 1.165) is 0 Å². The van der Waals surface area contributed by atoms with Crippen molar-refractivity contribution in [1.82, 2.24) is 0 Å². The second kappa shape index (κ2) is 2.73. The van der Waals surface area contributed by atoms with Crippen molar-refractivity contribution in [3.63, 3.8) is 0 Å². The van der Waals surface area contributed by atoms with Crippen LogP contribution in [0, 0.1) is 0 Å². The summed E-state index contributed by atoms with van der Waals surface area (Å²) in [6, 6.07) is 0. The van der Waals surface area contributed by atoms with Crippen LogP contribution in [-0.2, 0) is 9.47 Å². The van der Waals surface area contributed by atoms with Gasteiger partial charge in [0.15, 0.2) is 5.79 Å². The number of hydrogen-bond donors (Lipinski definition) is 1. The van der Waals surface area contributed by atoms with E-state index in [2.05, 4.69) is 0 Å². The average Bonchev–Trinajstić information content (AvgIpc) is 1.97. The van der Waals surface area contributed by atoms with Crippen molar-refractivity contribution in [3.8, 4) is 0 Å². The molecule has 0 spiro atoms. The molecule has 11 heavy (non-hydrogen) atoms. The molecule has 0 radical (unpaired) electrons. The van der Waals surface area contributed by atoms with E-state index in [1.807, 2.05) is 20.8 Å². The number of rotatable bonds is 1. The Hall–Kier alpha value is -0.120. The largest absolute Gasteiger partial charge is 0.385 e. The number of hydrogen-bond acceptors (Lipinski definition) is 3. The van der Waals surface area contributed by atoms with Crippen molar-refractivity contribution >= 4 is 0 Å². The predicted octanol–water partition coefficient (Wildman–Crippen LogP) is 0.910. The summed E-state index contributed by atoms with van der Waals surface area (Å²) in [7, 11) is 0. The zero-order valence-electron chi connectivity index (χ0n) is 7.39. The Morgan fingerprint density at radius 3 is 2.09 bits per heavy atom. The third kappa shape index (κ3) is 2.15. The van der Waals surface area contributed by atoms with E-state index in [-0.39, 0.29) is 0 Å². The molecule has 0 amide bonds. The molecule has 1 N–H and O–H groups in total. The molecule has 0 atom stereocenters. The van der Waals surface area contributed by atoms with E-state index in [4.69, 9.17) is 9.47 Å². The van der Waals surface area contributed by atoms with Crippen LogP contribution in [0.4, 0.5) is 0 Å². The van der Waals surface area contributed by atoms with Crippen molar-refractivity contribution in [2.24, 2.45) is 0 Å². The Bertz CT molecular complexity index is 132. The van der Waals surface area contributed by atoms with E-state index in [0.29, 0.717) is 19.6 Å². The van der Waals surface area contributed by atoms with Gasteiger partial charge in [-0.25, -0.2) is 0 Å². The van der Waals surface area contributed by atoms with E-state index in [9.17, 15) is 5.11 Å². The Labute approximate surface area is 67.3 Å². The smallest absolute Gasteiger partial charge is 0.163 e. The van der Waals surface area contributed by atoms with Crippen molar-refractivity contribution in [3.05, 3.63) is 0 Å². The predicted molar refractivity (Wildman–Crippen MR) is 41.2 cm³/mol. The van der Waals surface area contributed by atoms with Crippen LogP contribution < -0.4 is 0 Å². The van der Waals surface area contributed by atoms with Gasteiger partial charge in [0.25, 0.3) is 0 Å². The molecule has 1 aliphatic rings. The molecule has 0 aromatic heterocycles. The number of ether oxygens (including phenoxy) is 2. The lowest BCUT2D eigenvalue weighted by Crippen LogP contribution is -2.50. The van der Waals surface area contributed by atoms with Crippen LogP contribution in [0.15, 0.2) is 0 Å². The van der Waals surface area contributed by atoms with Crippen LogP contribution in [0.25, 0.3) is 0 Å². The Kier molecular flexibility index (Phi) is 2.23. The van der Waals surface area contributed by atoms with Gasteiger partial charge < -0.3 is 14.6 Å². The van der Waals surface area contributed by atoms with Crippen LogP contribution in [0.3, 0.4) is 0 Å². The molecular weight excluding hydrogens is 144 g/mol. The molecule has 1 saturated heterocycles. The second-order valence-electron chi connectivity index (χ2n) is 3.56. The molecular formula is C8H16O3. The zero-order chi connectivity index (χ0) is 8.54. The van der Waals surface area contributed by atoms with Crippen LogP contribution in [-0.4, -0.2) is 29.7 Å². The van der Waals surface area contributed by atoms with E-state index in [1.165, 1.54) is 0 Å². The molecule has 1 aliphatic heterocycles. The lowest BCUT2D eigenvalue weighted by Gasteiger charge is -2.39. The summed E-state index contributed by atoms with van der Waals surface area (Å²) in [6.07, 6.45) is 0.670. The van der Waals surface area contributed by atoms with Crippen molar-refractivity contribution in [2.75, 3.05) is 13.2 Å². The fraction of sp³-hybridized carbons (Fsp3) is 1.00. The molecule has 0 aromatic carbocycles. The molecule has 0 aliphatic carbocycles. The normalized spacial score (nSPS) is 28.4. The fourth-order valence-electron chi connectivity index (χ4n) is 0.904. The van der Waals surface area contributed by atoms with Gasteiger partial charge in [-0.05, 0) is 20.3 Å². The first-order valence-corrected chi connectivity index (χ1v) is 3.98. The quantitative estimate of drug-likeness (QED) is 0.619. The summed E-state index contributed by atoms with van der Waals surface area (Å²) in [4.78, 5) is 0. The molecule has 1 fully saturated rings. The highest BCUT2D eigenvalue weighted by molar-refractivity contribution is 4.81. The maximum atomic E-state index is 9.66. The highest BCUT2D eigenvalue weighted by atomic mass is 16.7. The standard InChI is InChI=1S/C8H16O3/c1-4-8(9)5-10-7(2,3)11-6-8/h9H,4-6H2,1-3H3. The third-order valence-electron chi connectivity index (χ3n) is 2.04. The number of aliphatic hydroxyl groups is 1. The highest BCUT2D eigenvalue weighted by Crippen LogP contribution is 2.24. The Balaban J connectivity index is 2.48. The summed E-state index contributed by atoms with van der Waals surface area (Å²) in [6.45, 7) is 6.36. The van der Waals surface area contributed by atoms with Crippen LogP contribution in [0.1, 0.15) is 27.2 Å². The molecule has 0 bridgehead atoms. The molecule has 1 rings (SSSR count). The average molecular weight is 160 g/mol. The summed E-state index contributed by atoms with van der Waals surface area (Å²) < 4.78 is 10.6. The SMILES string of the molecule is CCC1(O)COC(C)(C)OC1. The van der Waals surface area contributed by atoms with Crippen molar-refractivity contribution in [2.45, 2.75) is 38.6 Å². The molecule has 3 heteroatoms. The minimum atomic E-state index is -0.768. The minimum Gasteiger partial charge on any atom is -0.385 e. The van der Waals surface area contributed by atoms with Crippen LogP contribution >= 0.6 is 0 Å². The topological polar surface area (TPSA) is 38.7 Å². The second-order valence-corrected chi connectivity index (χ2v) is 3.56. The fourth-order valence-corrected chi connectivity index (χ4v) is 0.904. The van der Waals surface area contributed by atoms with Crippen LogP contribution in [0.5, 0.6) is 0 Å². The molecule has 0 aromatic rings. The maximum absolute atomic E-state index is 9.66. The maximum Gasteiger partial charge on any atom is 0.163 e. The van der Waals surface area contributed by atoms with Gasteiger partial charge in [-0.15, -0.1) is 0 Å². The lowest BCUT2D eigenvalue weighted by molar-refractivity contribution is -0.301. The first kappa shape index (κ1) is 8.97. The van der Waals surface area contributed by atoms with Gasteiger partial charge in [0.05, 0.1) is 13.2 Å². The molecule has 66 valence electrons. The van der Waals surface area contributed by atoms with E-state index >= 15 is 0 Å². The Morgan fingerprint density at radius 1 is 1.27 bits per heavy atom. The van der Waals surface area contributed by atoms with Gasteiger partial charge in [0.2, 0.25) is 0 Å². The van der Waals surface area contributed by atoms with Gasteiger partial charge in [-0.1, -0.05) is 6.92 Å². The van der Waals surface area contributed by atoms with Gasteiger partial charge >= 0.3 is 0 Å². The van der Waals surface area contributed by atoms with Gasteiger partial charge in [0, 0.05) is 0 Å². The summed E-state index contributed by atoms with van der Waals surface area (Å²) in [5.74, 6) is -0.526. The van der Waals surface area contributed by atoms with Crippen molar-refractivity contribution < 1.29 is 14.6 Å². The zero-order valence-corrected chi connectivity index (χ0v) is 7.39. The highest BCUT2D eigenvalue weighted by Gasteiger charge is 2.36. The van der Waals surface area contributed by atoms with Gasteiger partial charge in [-0.3, -0.25) is 0 Å². The minimum absolute atomic E-state index is 0.372.